The molecule has 0 aromatic heterocycles. The molecule has 0 unspecified atom stereocenters. The zero-order chi connectivity index (χ0) is 20.4. The maximum atomic E-state index is 12.3. The highest BCUT2D eigenvalue weighted by Gasteiger charge is 2.25. The topological polar surface area (TPSA) is 105 Å². The lowest BCUT2D eigenvalue weighted by Gasteiger charge is -2.24. The quantitative estimate of drug-likeness (QED) is 0.611. The Morgan fingerprint density at radius 2 is 1.79 bits per heavy atom. The summed E-state index contributed by atoms with van der Waals surface area (Å²) in [6, 6.07) is 15.3. The number of hydrogen-bond acceptors (Lipinski definition) is 6. The first kappa shape index (κ1) is 21.4. The van der Waals surface area contributed by atoms with Crippen molar-refractivity contribution in [2.45, 2.75) is 19.4 Å². The molecule has 2 amide bonds. The average molecular weight is 387 g/mol. The molecule has 2 rings (SSSR count). The Balaban J connectivity index is 2.12. The van der Waals surface area contributed by atoms with E-state index in [1.54, 1.807) is 54.6 Å². The van der Waals surface area contributed by atoms with Gasteiger partial charge in [-0.1, -0.05) is 37.3 Å². The van der Waals surface area contributed by atoms with E-state index in [2.05, 4.69) is 5.32 Å². The zero-order valence-electron chi connectivity index (χ0n) is 15.7. The summed E-state index contributed by atoms with van der Waals surface area (Å²) in [6.07, 6.45) is -1.15. The molecule has 2 aromatic carbocycles. The molecule has 150 valence electrons. The van der Waals surface area contributed by atoms with Crippen molar-refractivity contribution in [1.29, 1.82) is 0 Å². The number of hydrogen-bond donors (Lipinski definition) is 3. The van der Waals surface area contributed by atoms with Gasteiger partial charge in [-0.25, -0.2) is 4.79 Å². The van der Waals surface area contributed by atoms with Crippen molar-refractivity contribution in [1.82, 2.24) is 5.32 Å². The molecule has 2 aromatic rings. The summed E-state index contributed by atoms with van der Waals surface area (Å²) in [6.45, 7) is 1.81. The molecule has 0 bridgehead atoms. The predicted molar refractivity (Wildman–Crippen MR) is 103 cm³/mol. The highest BCUT2D eigenvalue weighted by molar-refractivity contribution is 6.02. The van der Waals surface area contributed by atoms with Gasteiger partial charge < -0.3 is 19.7 Å². The van der Waals surface area contributed by atoms with Gasteiger partial charge in [0.05, 0.1) is 6.61 Å². The fraction of sp³-hybridized carbons (Fsp3) is 0.333. The third-order valence-corrected chi connectivity index (χ3v) is 4.13. The van der Waals surface area contributed by atoms with E-state index in [9.17, 15) is 14.7 Å². The van der Waals surface area contributed by atoms with E-state index >= 15 is 0 Å². The van der Waals surface area contributed by atoms with Crippen molar-refractivity contribution in [3.8, 4) is 5.75 Å². The largest absolute Gasteiger partial charge is 0.491 e. The first-order valence-corrected chi connectivity index (χ1v) is 9.06. The average Bonchev–Trinajstić information content (AvgIpc) is 2.71. The van der Waals surface area contributed by atoms with Crippen molar-refractivity contribution < 1.29 is 29.3 Å². The monoisotopic (exact) mass is 387 g/mol. The molecule has 0 aliphatic rings. The second kappa shape index (κ2) is 11.1. The Hall–Kier alpha value is -2.90. The lowest BCUT2D eigenvalue weighted by atomic mass is 9.94. The van der Waals surface area contributed by atoms with Gasteiger partial charge in [-0.3, -0.25) is 10.1 Å². The molecule has 2 atom stereocenters. The van der Waals surface area contributed by atoms with E-state index in [0.29, 0.717) is 23.3 Å². The molecule has 3 N–H and O–H groups in total. The van der Waals surface area contributed by atoms with Crippen LogP contribution in [-0.2, 0) is 4.74 Å². The van der Waals surface area contributed by atoms with Crippen molar-refractivity contribution in [3.63, 3.8) is 0 Å². The zero-order valence-corrected chi connectivity index (χ0v) is 15.7. The van der Waals surface area contributed by atoms with Crippen LogP contribution in [0, 0.1) is 5.92 Å². The van der Waals surface area contributed by atoms with Gasteiger partial charge in [-0.15, -0.1) is 0 Å². The molecule has 0 heterocycles. The maximum Gasteiger partial charge on any atom is 0.414 e. The van der Waals surface area contributed by atoms with Crippen molar-refractivity contribution in [3.05, 3.63) is 65.7 Å². The Morgan fingerprint density at radius 3 is 2.46 bits per heavy atom. The number of alkyl carbamates (subject to hydrolysis) is 1. The first-order valence-electron chi connectivity index (χ1n) is 9.06. The molecule has 0 aliphatic carbocycles. The van der Waals surface area contributed by atoms with Crippen LogP contribution >= 0.6 is 0 Å². The molecule has 0 radical (unpaired) electrons. The summed E-state index contributed by atoms with van der Waals surface area (Å²) in [5.74, 6) is -0.230. The lowest BCUT2D eigenvalue weighted by Crippen LogP contribution is -2.33. The summed E-state index contributed by atoms with van der Waals surface area (Å²) in [4.78, 5) is 24.4. The number of nitrogens with one attached hydrogen (secondary N) is 1. The van der Waals surface area contributed by atoms with Crippen LogP contribution < -0.4 is 10.1 Å². The van der Waals surface area contributed by atoms with Crippen molar-refractivity contribution in [2.24, 2.45) is 5.92 Å². The predicted octanol–water partition coefficient (Wildman–Crippen LogP) is 2.68. The molecule has 0 saturated heterocycles. The number of imide groups is 1. The van der Waals surface area contributed by atoms with Gasteiger partial charge in [0, 0.05) is 12.2 Å². The van der Waals surface area contributed by atoms with Crippen molar-refractivity contribution >= 4 is 12.0 Å². The summed E-state index contributed by atoms with van der Waals surface area (Å²) >= 11 is 0. The smallest absolute Gasteiger partial charge is 0.414 e. The third kappa shape index (κ3) is 6.37. The summed E-state index contributed by atoms with van der Waals surface area (Å²) < 4.78 is 10.9. The Kier molecular flexibility index (Phi) is 8.45. The number of aliphatic hydroxyl groups excluding tert-OH is 2. The minimum atomic E-state index is -0.870. The number of benzene rings is 2. The summed E-state index contributed by atoms with van der Waals surface area (Å²) in [5.41, 5.74) is 1.01. The molecule has 0 aliphatic heterocycles. The number of carbonyl (C=O) groups excluding carboxylic acids is 2. The molecule has 7 nitrogen and oxygen atoms in total. The van der Waals surface area contributed by atoms with E-state index in [1.807, 2.05) is 6.92 Å². The van der Waals surface area contributed by atoms with E-state index in [-0.39, 0.29) is 25.7 Å². The molecular weight excluding hydrogens is 362 g/mol. The number of carbonyl (C=O) groups is 2. The SMILES string of the molecule is C[C@H](CCO)[C@H](OC(=O)NC(=O)c1ccccc1)c1cccc(OCCO)c1. The molecule has 0 spiro atoms. The van der Waals surface area contributed by atoms with Crippen LogP contribution in [0.4, 0.5) is 4.79 Å². The van der Waals surface area contributed by atoms with E-state index in [4.69, 9.17) is 14.6 Å². The van der Waals surface area contributed by atoms with Gasteiger partial charge >= 0.3 is 6.09 Å². The van der Waals surface area contributed by atoms with Crippen LogP contribution in [0.2, 0.25) is 0 Å². The summed E-state index contributed by atoms with van der Waals surface area (Å²) in [7, 11) is 0. The third-order valence-electron chi connectivity index (χ3n) is 4.13. The van der Waals surface area contributed by atoms with Gasteiger partial charge in [-0.2, -0.15) is 0 Å². The molecule has 28 heavy (non-hydrogen) atoms. The Bertz CT molecular complexity index is 765. The minimum Gasteiger partial charge on any atom is -0.491 e. The van der Waals surface area contributed by atoms with Crippen LogP contribution in [0.1, 0.15) is 35.4 Å². The molecule has 0 saturated carbocycles. The molecule has 0 fully saturated rings. The fourth-order valence-electron chi connectivity index (χ4n) is 2.71. The number of amides is 2. The number of aliphatic hydroxyl groups is 2. The van der Waals surface area contributed by atoms with E-state index in [1.165, 1.54) is 0 Å². The van der Waals surface area contributed by atoms with Gasteiger partial charge in [0.15, 0.2) is 0 Å². The van der Waals surface area contributed by atoms with Crippen LogP contribution in [0.3, 0.4) is 0 Å². The second-order valence-electron chi connectivity index (χ2n) is 6.28. The highest BCUT2D eigenvalue weighted by Crippen LogP contribution is 2.30. The van der Waals surface area contributed by atoms with Crippen LogP contribution in [0.5, 0.6) is 5.75 Å². The van der Waals surface area contributed by atoms with Gasteiger partial charge in [0.2, 0.25) is 0 Å². The molecular formula is C21H25NO6. The lowest BCUT2D eigenvalue weighted by molar-refractivity contribution is 0.0543. The Labute approximate surface area is 163 Å². The number of ether oxygens (including phenoxy) is 2. The van der Waals surface area contributed by atoms with Gasteiger partial charge in [-0.05, 0) is 42.2 Å². The first-order chi connectivity index (χ1) is 13.5. The van der Waals surface area contributed by atoms with Crippen LogP contribution in [0.15, 0.2) is 54.6 Å². The minimum absolute atomic E-state index is 0.0632. The Morgan fingerprint density at radius 1 is 1.04 bits per heavy atom. The number of rotatable bonds is 9. The fourth-order valence-corrected chi connectivity index (χ4v) is 2.71. The maximum absolute atomic E-state index is 12.3. The van der Waals surface area contributed by atoms with Crippen LogP contribution in [-0.4, -0.2) is 42.0 Å². The van der Waals surface area contributed by atoms with Crippen molar-refractivity contribution in [2.75, 3.05) is 19.8 Å². The normalized spacial score (nSPS) is 12.7. The molecule has 7 heteroatoms. The van der Waals surface area contributed by atoms with Crippen LogP contribution in [0.25, 0.3) is 0 Å². The van der Waals surface area contributed by atoms with Gasteiger partial charge in [0.25, 0.3) is 5.91 Å². The second-order valence-corrected chi connectivity index (χ2v) is 6.28. The van der Waals surface area contributed by atoms with Gasteiger partial charge in [0.1, 0.15) is 18.5 Å². The highest BCUT2D eigenvalue weighted by atomic mass is 16.6. The van der Waals surface area contributed by atoms with E-state index < -0.39 is 18.1 Å². The standard InChI is InChI=1S/C21H25NO6/c1-15(10-11-23)19(17-8-5-9-18(14-17)27-13-12-24)28-21(26)22-20(25)16-6-3-2-4-7-16/h2-9,14-15,19,23-24H,10-13H2,1H3,(H,22,25,26)/t15-,19+/m1/s1. The van der Waals surface area contributed by atoms with E-state index in [0.717, 1.165) is 0 Å². The summed E-state index contributed by atoms with van der Waals surface area (Å²) in [5, 5.41) is 20.4.